The molecule has 4 nitrogen and oxygen atoms in total. The quantitative estimate of drug-likeness (QED) is 0.468. The first-order chi connectivity index (χ1) is 4.52. The highest BCUT2D eigenvalue weighted by molar-refractivity contribution is 7.80. The molecule has 0 heterocycles. The fourth-order valence-electron chi connectivity index (χ4n) is 0.596. The molecule has 0 aliphatic carbocycles. The number of thiocarbonyl (C=S) groups is 1. The van der Waals surface area contributed by atoms with Gasteiger partial charge in [0.2, 0.25) is 5.91 Å². The molecule has 0 aliphatic rings. The first-order valence-electron chi connectivity index (χ1n) is 2.86. The minimum absolute atomic E-state index is 0.0741. The second kappa shape index (κ2) is 4.05. The van der Waals surface area contributed by atoms with Gasteiger partial charge >= 0.3 is 0 Å². The summed E-state index contributed by atoms with van der Waals surface area (Å²) in [6.45, 7) is 1.78. The molecule has 1 unspecified atom stereocenters. The Hall–Kier alpha value is -0.840. The van der Waals surface area contributed by atoms with Crippen molar-refractivity contribution < 1.29 is 4.79 Å². The van der Waals surface area contributed by atoms with Gasteiger partial charge in [-0.2, -0.15) is 0 Å². The maximum atomic E-state index is 10.3. The van der Waals surface area contributed by atoms with Crippen LogP contribution in [0.2, 0.25) is 0 Å². The van der Waals surface area contributed by atoms with Gasteiger partial charge in [0.05, 0.1) is 0 Å². The number of amides is 1. The number of carbonyl (C=O) groups excluding carboxylic acids is 1. The van der Waals surface area contributed by atoms with Crippen LogP contribution in [0.3, 0.4) is 0 Å². The molecule has 5 heteroatoms. The lowest BCUT2D eigenvalue weighted by molar-refractivity contribution is -0.118. The van der Waals surface area contributed by atoms with Crippen molar-refractivity contribution in [2.24, 2.45) is 11.5 Å². The summed E-state index contributed by atoms with van der Waals surface area (Å²) in [5.74, 6) is -0.365. The molecule has 1 atom stereocenters. The summed E-state index contributed by atoms with van der Waals surface area (Å²) in [4.78, 5) is 10.3. The van der Waals surface area contributed by atoms with Gasteiger partial charge in [-0.05, 0) is 19.1 Å². The third kappa shape index (κ3) is 5.30. The molecule has 0 saturated heterocycles. The molecule has 0 fully saturated rings. The van der Waals surface area contributed by atoms with E-state index in [4.69, 9.17) is 11.5 Å². The first kappa shape index (κ1) is 9.16. The van der Waals surface area contributed by atoms with Crippen molar-refractivity contribution in [1.29, 1.82) is 0 Å². The van der Waals surface area contributed by atoms with E-state index in [9.17, 15) is 4.79 Å². The topological polar surface area (TPSA) is 81.1 Å². The van der Waals surface area contributed by atoms with Gasteiger partial charge in [0.1, 0.15) is 0 Å². The van der Waals surface area contributed by atoms with Crippen molar-refractivity contribution in [1.82, 2.24) is 5.32 Å². The number of hydrogen-bond donors (Lipinski definition) is 3. The number of primary amides is 1. The van der Waals surface area contributed by atoms with E-state index >= 15 is 0 Å². The Labute approximate surface area is 64.9 Å². The smallest absolute Gasteiger partial charge is 0.219 e. The summed E-state index contributed by atoms with van der Waals surface area (Å²) in [5.41, 5.74) is 10.0. The summed E-state index contributed by atoms with van der Waals surface area (Å²) in [5, 5.41) is 2.87. The lowest BCUT2D eigenvalue weighted by atomic mass is 10.2. The normalized spacial score (nSPS) is 12.1. The van der Waals surface area contributed by atoms with Crippen molar-refractivity contribution in [2.45, 2.75) is 19.4 Å². The van der Waals surface area contributed by atoms with Crippen molar-refractivity contribution in [3.63, 3.8) is 0 Å². The highest BCUT2D eigenvalue weighted by Crippen LogP contribution is 1.86. The molecule has 0 aromatic heterocycles. The molecule has 0 radical (unpaired) electrons. The minimum atomic E-state index is -0.365. The van der Waals surface area contributed by atoms with E-state index < -0.39 is 0 Å². The molecule has 0 saturated carbocycles. The molecule has 58 valence electrons. The van der Waals surface area contributed by atoms with Gasteiger partial charge in [-0.1, -0.05) is 0 Å². The Morgan fingerprint density at radius 2 is 2.20 bits per heavy atom. The van der Waals surface area contributed by atoms with Crippen LogP contribution in [0.5, 0.6) is 0 Å². The van der Waals surface area contributed by atoms with Crippen molar-refractivity contribution >= 4 is 23.2 Å². The molecule has 10 heavy (non-hydrogen) atoms. The summed E-state index contributed by atoms with van der Waals surface area (Å²) in [6.07, 6.45) is 0.247. The lowest BCUT2D eigenvalue weighted by Gasteiger charge is -2.10. The van der Waals surface area contributed by atoms with Crippen molar-refractivity contribution in [3.8, 4) is 0 Å². The van der Waals surface area contributed by atoms with Crippen LogP contribution >= 0.6 is 12.2 Å². The predicted octanol–water partition coefficient (Wildman–Crippen LogP) is -0.916. The molecule has 5 N–H and O–H groups in total. The predicted molar refractivity (Wildman–Crippen MR) is 43.2 cm³/mol. The zero-order valence-electron chi connectivity index (χ0n) is 5.76. The van der Waals surface area contributed by atoms with Crippen LogP contribution in [0, 0.1) is 0 Å². The Balaban J connectivity index is 3.53. The highest BCUT2D eigenvalue weighted by atomic mass is 32.1. The van der Waals surface area contributed by atoms with E-state index in [1.165, 1.54) is 0 Å². The Morgan fingerprint density at radius 1 is 1.70 bits per heavy atom. The molecule has 0 bridgehead atoms. The summed E-state index contributed by atoms with van der Waals surface area (Å²) in [6, 6.07) is -0.0741. The van der Waals surface area contributed by atoms with Gasteiger partial charge in [0.15, 0.2) is 5.11 Å². The molecule has 0 aromatic rings. The van der Waals surface area contributed by atoms with Gasteiger partial charge in [0, 0.05) is 12.5 Å². The fraction of sp³-hybridized carbons (Fsp3) is 0.600. The molecule has 0 aliphatic heterocycles. The van der Waals surface area contributed by atoms with Crippen LogP contribution in [0.1, 0.15) is 13.3 Å². The third-order valence-electron chi connectivity index (χ3n) is 0.896. The second-order valence-electron chi connectivity index (χ2n) is 2.08. The Kier molecular flexibility index (Phi) is 3.71. The molecule has 1 amide bonds. The molecular weight excluding hydrogens is 150 g/mol. The average Bonchev–Trinajstić information content (AvgIpc) is 1.58. The van der Waals surface area contributed by atoms with E-state index in [0.717, 1.165) is 0 Å². The number of rotatable bonds is 3. The van der Waals surface area contributed by atoms with Crippen LogP contribution in [-0.2, 0) is 4.79 Å². The van der Waals surface area contributed by atoms with E-state index in [2.05, 4.69) is 17.5 Å². The number of carbonyl (C=O) groups is 1. The maximum Gasteiger partial charge on any atom is 0.219 e. The van der Waals surface area contributed by atoms with E-state index in [1.807, 2.05) is 0 Å². The van der Waals surface area contributed by atoms with Gasteiger partial charge in [-0.15, -0.1) is 0 Å². The largest absolute Gasteiger partial charge is 0.376 e. The molecule has 0 spiro atoms. The standard InChI is InChI=1S/C5H11N3OS/c1-3(2-4(6)9)8-5(7)10/h3H,2H2,1H3,(H2,6,9)(H3,7,8,10). The number of nitrogens with two attached hydrogens (primary N) is 2. The van der Waals surface area contributed by atoms with E-state index in [-0.39, 0.29) is 23.5 Å². The fourth-order valence-corrected chi connectivity index (χ4v) is 0.797. The lowest BCUT2D eigenvalue weighted by Crippen LogP contribution is -2.38. The van der Waals surface area contributed by atoms with Gasteiger partial charge in [-0.25, -0.2) is 0 Å². The Morgan fingerprint density at radius 3 is 2.50 bits per heavy atom. The monoisotopic (exact) mass is 161 g/mol. The zero-order valence-corrected chi connectivity index (χ0v) is 6.57. The van der Waals surface area contributed by atoms with E-state index in [0.29, 0.717) is 0 Å². The van der Waals surface area contributed by atoms with Crippen LogP contribution in [-0.4, -0.2) is 17.1 Å². The van der Waals surface area contributed by atoms with Gasteiger partial charge in [0.25, 0.3) is 0 Å². The summed E-state index contributed by atoms with van der Waals surface area (Å²) < 4.78 is 0. The van der Waals surface area contributed by atoms with Crippen LogP contribution in [0.25, 0.3) is 0 Å². The highest BCUT2D eigenvalue weighted by Gasteiger charge is 2.04. The van der Waals surface area contributed by atoms with Crippen LogP contribution in [0.4, 0.5) is 0 Å². The second-order valence-corrected chi connectivity index (χ2v) is 2.52. The minimum Gasteiger partial charge on any atom is -0.376 e. The maximum absolute atomic E-state index is 10.3. The first-order valence-corrected chi connectivity index (χ1v) is 3.27. The molecule has 0 aromatic carbocycles. The van der Waals surface area contributed by atoms with Gasteiger partial charge in [-0.3, -0.25) is 4.79 Å². The zero-order chi connectivity index (χ0) is 8.15. The third-order valence-corrected chi connectivity index (χ3v) is 1.01. The van der Waals surface area contributed by atoms with Crippen molar-refractivity contribution in [3.05, 3.63) is 0 Å². The SMILES string of the molecule is CC(CC(N)=O)NC(N)=S. The molecule has 0 rings (SSSR count). The van der Waals surface area contributed by atoms with Crippen LogP contribution in [0.15, 0.2) is 0 Å². The number of hydrogen-bond acceptors (Lipinski definition) is 2. The van der Waals surface area contributed by atoms with E-state index in [1.54, 1.807) is 6.92 Å². The summed E-state index contributed by atoms with van der Waals surface area (Å²) >= 11 is 4.54. The molecular formula is C5H11N3OS. The average molecular weight is 161 g/mol. The van der Waals surface area contributed by atoms with Gasteiger partial charge < -0.3 is 16.8 Å². The Bertz CT molecular complexity index is 132. The number of nitrogens with one attached hydrogen (secondary N) is 1. The summed E-state index contributed by atoms with van der Waals surface area (Å²) in [7, 11) is 0. The van der Waals surface area contributed by atoms with Crippen molar-refractivity contribution in [2.75, 3.05) is 0 Å². The van der Waals surface area contributed by atoms with Crippen LogP contribution < -0.4 is 16.8 Å².